The van der Waals surface area contributed by atoms with E-state index in [4.69, 9.17) is 4.74 Å². The lowest BCUT2D eigenvalue weighted by atomic mass is 9.70. The maximum atomic E-state index is 13.1. The number of rotatable bonds is 5. The second-order valence-corrected chi connectivity index (χ2v) is 9.02. The van der Waals surface area contributed by atoms with E-state index in [-0.39, 0.29) is 6.04 Å². The molecule has 5 rings (SSSR count). The number of fused-ring (bicyclic) bond motifs is 4. The van der Waals surface area contributed by atoms with Gasteiger partial charge in [0.25, 0.3) is 0 Å². The van der Waals surface area contributed by atoms with Gasteiger partial charge in [-0.3, -0.25) is 4.79 Å². The fraction of sp³-hybridized carbons (Fsp3) is 0.542. The molecule has 1 amide bonds. The van der Waals surface area contributed by atoms with Gasteiger partial charge in [0.15, 0.2) is 11.6 Å². The summed E-state index contributed by atoms with van der Waals surface area (Å²) in [7, 11) is 3.60. The summed E-state index contributed by atoms with van der Waals surface area (Å²) in [6, 6.07) is 8.81. The van der Waals surface area contributed by atoms with E-state index in [2.05, 4.69) is 37.2 Å². The van der Waals surface area contributed by atoms with Crippen molar-refractivity contribution in [3.8, 4) is 5.75 Å². The van der Waals surface area contributed by atoms with E-state index < -0.39 is 0 Å². The standard InChI is InChI=1S/C24H31N5O2/c1-25-23-24(27-10-9-26-23)28-14-17-13-18(15-28)21(29-20(17)7-4-8-22(29)30)12-16-5-3-6-19(11-16)31-2/h3,5-6,9-11,17-18,20-21H,4,7-8,12-15H2,1-2H3,(H,25,26)/t17-,18+,20+,21+/m1/s1. The summed E-state index contributed by atoms with van der Waals surface area (Å²) in [6.45, 7) is 1.83. The van der Waals surface area contributed by atoms with Crippen LogP contribution in [-0.2, 0) is 11.2 Å². The first kappa shape index (κ1) is 20.1. The highest BCUT2D eigenvalue weighted by Crippen LogP contribution is 2.44. The number of hydrogen-bond donors (Lipinski definition) is 1. The van der Waals surface area contributed by atoms with Crippen LogP contribution in [0.15, 0.2) is 36.7 Å². The Morgan fingerprint density at radius 1 is 1.19 bits per heavy atom. The molecule has 2 aromatic rings. The molecule has 164 valence electrons. The average molecular weight is 422 g/mol. The topological polar surface area (TPSA) is 70.6 Å². The molecule has 3 aliphatic rings. The van der Waals surface area contributed by atoms with Gasteiger partial charge in [0.2, 0.25) is 5.91 Å². The van der Waals surface area contributed by atoms with Crippen LogP contribution in [0.5, 0.6) is 5.75 Å². The van der Waals surface area contributed by atoms with Crippen molar-refractivity contribution >= 4 is 17.5 Å². The summed E-state index contributed by atoms with van der Waals surface area (Å²) in [4.78, 5) is 26.9. The van der Waals surface area contributed by atoms with Crippen molar-refractivity contribution in [1.82, 2.24) is 14.9 Å². The predicted octanol–water partition coefficient (Wildman–Crippen LogP) is 2.98. The van der Waals surface area contributed by atoms with Crippen molar-refractivity contribution in [2.45, 2.75) is 44.2 Å². The fourth-order valence-corrected chi connectivity index (χ4v) is 5.99. The molecule has 31 heavy (non-hydrogen) atoms. The van der Waals surface area contributed by atoms with Crippen LogP contribution in [0.4, 0.5) is 11.6 Å². The second-order valence-electron chi connectivity index (χ2n) is 9.02. The summed E-state index contributed by atoms with van der Waals surface area (Å²) < 4.78 is 5.44. The minimum Gasteiger partial charge on any atom is -0.497 e. The lowest BCUT2D eigenvalue weighted by Crippen LogP contribution is -2.65. The minimum absolute atomic E-state index is 0.207. The number of benzene rings is 1. The van der Waals surface area contributed by atoms with Crippen molar-refractivity contribution in [2.75, 3.05) is 37.5 Å². The zero-order valence-electron chi connectivity index (χ0n) is 18.3. The SMILES string of the molecule is CNc1nccnc1N1C[C@H]2C[C@@H](C1)[C@H](Cc1cccc(OC)c1)N1C(=O)CCC[C@@H]21. The number of methoxy groups -OCH3 is 1. The van der Waals surface area contributed by atoms with E-state index in [9.17, 15) is 4.79 Å². The van der Waals surface area contributed by atoms with E-state index in [1.54, 1.807) is 19.5 Å². The van der Waals surface area contributed by atoms with Gasteiger partial charge in [0, 0.05) is 51.0 Å². The van der Waals surface area contributed by atoms with Gasteiger partial charge in [0.05, 0.1) is 7.11 Å². The van der Waals surface area contributed by atoms with Crippen molar-refractivity contribution in [3.63, 3.8) is 0 Å². The normalized spacial score (nSPS) is 27.6. The van der Waals surface area contributed by atoms with Gasteiger partial charge in [-0.1, -0.05) is 12.1 Å². The van der Waals surface area contributed by atoms with Gasteiger partial charge < -0.3 is 19.9 Å². The summed E-state index contributed by atoms with van der Waals surface area (Å²) >= 11 is 0. The smallest absolute Gasteiger partial charge is 0.223 e. The summed E-state index contributed by atoms with van der Waals surface area (Å²) in [5, 5.41) is 3.19. The van der Waals surface area contributed by atoms with Crippen molar-refractivity contribution in [3.05, 3.63) is 42.2 Å². The van der Waals surface area contributed by atoms with Gasteiger partial charge in [-0.15, -0.1) is 0 Å². The molecule has 0 radical (unpaired) electrons. The highest BCUT2D eigenvalue weighted by atomic mass is 16.5. The molecule has 0 spiro atoms. The molecule has 2 bridgehead atoms. The molecule has 3 fully saturated rings. The van der Waals surface area contributed by atoms with E-state index in [1.807, 2.05) is 19.2 Å². The Labute approximate surface area is 183 Å². The second kappa shape index (κ2) is 8.36. The fourth-order valence-electron chi connectivity index (χ4n) is 5.99. The third kappa shape index (κ3) is 3.70. The van der Waals surface area contributed by atoms with Crippen LogP contribution < -0.4 is 15.0 Å². The summed E-state index contributed by atoms with van der Waals surface area (Å²) in [5.41, 5.74) is 1.23. The molecule has 4 atom stereocenters. The van der Waals surface area contributed by atoms with Crippen LogP contribution in [0.2, 0.25) is 0 Å². The number of ether oxygens (including phenoxy) is 1. The Balaban J connectivity index is 1.47. The first-order chi connectivity index (χ1) is 15.2. The summed E-state index contributed by atoms with van der Waals surface area (Å²) in [5.74, 6) is 3.85. The number of carbonyl (C=O) groups is 1. The van der Waals surface area contributed by atoms with E-state index in [0.717, 1.165) is 49.7 Å². The third-order valence-corrected chi connectivity index (χ3v) is 7.29. The molecule has 0 saturated carbocycles. The maximum absolute atomic E-state index is 13.1. The highest BCUT2D eigenvalue weighted by Gasteiger charge is 2.49. The third-order valence-electron chi connectivity index (χ3n) is 7.29. The number of piperidine rings is 3. The van der Waals surface area contributed by atoms with Gasteiger partial charge in [0.1, 0.15) is 5.75 Å². The van der Waals surface area contributed by atoms with Crippen LogP contribution in [0.25, 0.3) is 0 Å². The maximum Gasteiger partial charge on any atom is 0.223 e. The number of amides is 1. The van der Waals surface area contributed by atoms with Crippen LogP contribution in [0, 0.1) is 11.8 Å². The molecule has 4 heterocycles. The molecule has 1 N–H and O–H groups in total. The molecule has 7 heteroatoms. The molecule has 7 nitrogen and oxygen atoms in total. The van der Waals surface area contributed by atoms with Crippen LogP contribution >= 0.6 is 0 Å². The van der Waals surface area contributed by atoms with Gasteiger partial charge in [-0.2, -0.15) is 0 Å². The monoisotopic (exact) mass is 421 g/mol. The lowest BCUT2D eigenvalue weighted by Gasteiger charge is -2.57. The Morgan fingerprint density at radius 3 is 2.87 bits per heavy atom. The molecule has 3 aliphatic heterocycles. The van der Waals surface area contributed by atoms with Gasteiger partial charge in [-0.05, 0) is 55.2 Å². The molecular formula is C24H31N5O2. The zero-order chi connectivity index (χ0) is 21.4. The Kier molecular flexibility index (Phi) is 5.42. The molecular weight excluding hydrogens is 390 g/mol. The van der Waals surface area contributed by atoms with E-state index >= 15 is 0 Å². The van der Waals surface area contributed by atoms with E-state index in [1.165, 1.54) is 12.0 Å². The number of carbonyl (C=O) groups excluding carboxylic acids is 1. The molecule has 0 aliphatic carbocycles. The quantitative estimate of drug-likeness (QED) is 0.800. The van der Waals surface area contributed by atoms with Gasteiger partial charge in [-0.25, -0.2) is 9.97 Å². The number of hydrogen-bond acceptors (Lipinski definition) is 6. The van der Waals surface area contributed by atoms with Crippen LogP contribution in [0.1, 0.15) is 31.2 Å². The number of anilines is 2. The molecule has 1 aromatic heterocycles. The average Bonchev–Trinajstić information content (AvgIpc) is 2.82. The highest BCUT2D eigenvalue weighted by molar-refractivity contribution is 5.78. The number of nitrogens with zero attached hydrogens (tertiary/aromatic N) is 4. The van der Waals surface area contributed by atoms with Crippen molar-refractivity contribution < 1.29 is 9.53 Å². The van der Waals surface area contributed by atoms with Crippen LogP contribution in [-0.4, -0.2) is 60.1 Å². The largest absolute Gasteiger partial charge is 0.497 e. The molecule has 3 saturated heterocycles. The summed E-state index contributed by atoms with van der Waals surface area (Å²) in [6.07, 6.45) is 8.32. The first-order valence-corrected chi connectivity index (χ1v) is 11.4. The molecule has 1 aromatic carbocycles. The van der Waals surface area contributed by atoms with Crippen LogP contribution in [0.3, 0.4) is 0 Å². The Bertz CT molecular complexity index is 951. The lowest BCUT2D eigenvalue weighted by molar-refractivity contribution is -0.148. The number of nitrogens with one attached hydrogen (secondary N) is 1. The van der Waals surface area contributed by atoms with Gasteiger partial charge >= 0.3 is 0 Å². The predicted molar refractivity (Wildman–Crippen MR) is 120 cm³/mol. The zero-order valence-corrected chi connectivity index (χ0v) is 18.3. The van der Waals surface area contributed by atoms with Crippen molar-refractivity contribution in [2.24, 2.45) is 11.8 Å². The molecule has 0 unspecified atom stereocenters. The Morgan fingerprint density at radius 2 is 2.03 bits per heavy atom. The van der Waals surface area contributed by atoms with Crippen molar-refractivity contribution in [1.29, 1.82) is 0 Å². The first-order valence-electron chi connectivity index (χ1n) is 11.4. The Hall–Kier alpha value is -2.83. The van der Waals surface area contributed by atoms with E-state index in [0.29, 0.717) is 30.2 Å². The number of aromatic nitrogens is 2. The minimum atomic E-state index is 0.207.